The first-order chi connectivity index (χ1) is 13.2. The number of piperidine rings is 1. The van der Waals surface area contributed by atoms with Crippen molar-refractivity contribution in [3.63, 3.8) is 0 Å². The van der Waals surface area contributed by atoms with Gasteiger partial charge in [-0.15, -0.1) is 10.2 Å². The third kappa shape index (κ3) is 4.06. The van der Waals surface area contributed by atoms with Crippen molar-refractivity contribution in [2.45, 2.75) is 70.9 Å². The Morgan fingerprint density at radius 3 is 2.59 bits per heavy atom. The number of aromatic nitrogens is 5. The molecule has 4 rings (SSSR count). The minimum Gasteiger partial charge on any atom is -0.343 e. The summed E-state index contributed by atoms with van der Waals surface area (Å²) in [5.41, 5.74) is 0. The first-order valence-corrected chi connectivity index (χ1v) is 10.4. The van der Waals surface area contributed by atoms with E-state index in [-0.39, 0.29) is 0 Å². The predicted molar refractivity (Wildman–Crippen MR) is 102 cm³/mol. The number of amides is 1. The molecule has 1 amide bonds. The average Bonchev–Trinajstić information content (AvgIpc) is 3.44. The van der Waals surface area contributed by atoms with Gasteiger partial charge in [0.05, 0.1) is 12.9 Å². The van der Waals surface area contributed by atoms with Gasteiger partial charge in [-0.3, -0.25) is 4.79 Å². The van der Waals surface area contributed by atoms with E-state index in [0.29, 0.717) is 24.3 Å². The van der Waals surface area contributed by atoms with Gasteiger partial charge in [0.1, 0.15) is 5.82 Å². The highest BCUT2D eigenvalue weighted by atomic mass is 16.2. The molecule has 0 atom stereocenters. The summed E-state index contributed by atoms with van der Waals surface area (Å²) in [6, 6.07) is 0. The first kappa shape index (κ1) is 18.2. The van der Waals surface area contributed by atoms with Crippen LogP contribution in [0.5, 0.6) is 0 Å². The van der Waals surface area contributed by atoms with Crippen LogP contribution in [-0.4, -0.2) is 48.2 Å². The van der Waals surface area contributed by atoms with Crippen molar-refractivity contribution < 1.29 is 4.79 Å². The molecule has 0 radical (unpaired) electrons. The van der Waals surface area contributed by atoms with E-state index >= 15 is 0 Å². The van der Waals surface area contributed by atoms with Gasteiger partial charge in [0, 0.05) is 44.4 Å². The summed E-state index contributed by atoms with van der Waals surface area (Å²) < 4.78 is 4.25. The van der Waals surface area contributed by atoms with Crippen molar-refractivity contribution >= 4 is 5.91 Å². The number of rotatable bonds is 6. The average molecular weight is 371 g/mol. The second-order valence-corrected chi connectivity index (χ2v) is 7.96. The van der Waals surface area contributed by atoms with E-state index in [2.05, 4.69) is 31.6 Å². The van der Waals surface area contributed by atoms with Crippen LogP contribution >= 0.6 is 0 Å². The normalized spacial score (nSPS) is 19.1. The standard InChI is InChI=1S/C20H30N6O/c1-2-26-18(14-24-12-9-21-15-24)22-23-20(26)17-7-10-25(11-8-17)19(27)13-16-5-3-4-6-16/h9,12,15-17H,2-8,10-11,13-14H2,1H3. The maximum Gasteiger partial charge on any atom is 0.222 e. The Kier molecular flexibility index (Phi) is 5.55. The second kappa shape index (κ2) is 8.23. The summed E-state index contributed by atoms with van der Waals surface area (Å²) >= 11 is 0. The number of hydrogen-bond donors (Lipinski definition) is 0. The highest BCUT2D eigenvalue weighted by Crippen LogP contribution is 2.31. The molecule has 0 unspecified atom stereocenters. The summed E-state index contributed by atoms with van der Waals surface area (Å²) in [4.78, 5) is 18.8. The van der Waals surface area contributed by atoms with E-state index in [1.165, 1.54) is 25.7 Å². The third-order valence-corrected chi connectivity index (χ3v) is 6.21. The highest BCUT2D eigenvalue weighted by molar-refractivity contribution is 5.76. The quantitative estimate of drug-likeness (QED) is 0.784. The minimum atomic E-state index is 0.359. The fraction of sp³-hybridized carbons (Fsp3) is 0.700. The lowest BCUT2D eigenvalue weighted by Gasteiger charge is -2.32. The van der Waals surface area contributed by atoms with Gasteiger partial charge in [0.25, 0.3) is 0 Å². The highest BCUT2D eigenvalue weighted by Gasteiger charge is 2.29. The van der Waals surface area contributed by atoms with Crippen LogP contribution in [0.1, 0.15) is 69.4 Å². The third-order valence-electron chi connectivity index (χ3n) is 6.21. The molecule has 1 saturated carbocycles. The van der Waals surface area contributed by atoms with Gasteiger partial charge in [0.2, 0.25) is 5.91 Å². The predicted octanol–water partition coefficient (Wildman–Crippen LogP) is 2.83. The number of carbonyl (C=O) groups excluding carboxylic acids is 1. The van der Waals surface area contributed by atoms with Gasteiger partial charge in [-0.1, -0.05) is 12.8 Å². The summed E-state index contributed by atoms with van der Waals surface area (Å²) in [5.74, 6) is 3.44. The molecule has 7 heteroatoms. The van der Waals surface area contributed by atoms with Crippen LogP contribution in [0, 0.1) is 5.92 Å². The SMILES string of the molecule is CCn1c(Cn2ccnc2)nnc1C1CCN(C(=O)CC2CCCC2)CC1. The first-order valence-electron chi connectivity index (χ1n) is 10.4. The lowest BCUT2D eigenvalue weighted by molar-refractivity contribution is -0.133. The lowest BCUT2D eigenvalue weighted by atomic mass is 9.94. The fourth-order valence-corrected chi connectivity index (χ4v) is 4.63. The largest absolute Gasteiger partial charge is 0.343 e. The van der Waals surface area contributed by atoms with Crippen LogP contribution in [0.3, 0.4) is 0 Å². The van der Waals surface area contributed by atoms with E-state index in [1.807, 2.05) is 17.1 Å². The summed E-state index contributed by atoms with van der Waals surface area (Å²) in [5, 5.41) is 8.96. The number of likely N-dealkylation sites (tertiary alicyclic amines) is 1. The molecular formula is C20H30N6O. The number of nitrogens with zero attached hydrogens (tertiary/aromatic N) is 6. The van der Waals surface area contributed by atoms with Crippen molar-refractivity contribution in [1.82, 2.24) is 29.2 Å². The van der Waals surface area contributed by atoms with E-state index < -0.39 is 0 Å². The number of hydrogen-bond acceptors (Lipinski definition) is 4. The van der Waals surface area contributed by atoms with E-state index in [1.54, 1.807) is 6.20 Å². The van der Waals surface area contributed by atoms with E-state index in [0.717, 1.165) is 50.5 Å². The zero-order valence-electron chi connectivity index (χ0n) is 16.3. The molecule has 1 aliphatic carbocycles. The molecule has 146 valence electrons. The Morgan fingerprint density at radius 2 is 1.93 bits per heavy atom. The maximum absolute atomic E-state index is 12.6. The maximum atomic E-state index is 12.6. The summed E-state index contributed by atoms with van der Waals surface area (Å²) in [7, 11) is 0. The van der Waals surface area contributed by atoms with Crippen molar-refractivity contribution in [1.29, 1.82) is 0 Å². The molecule has 3 heterocycles. The van der Waals surface area contributed by atoms with Gasteiger partial charge in [-0.25, -0.2) is 4.98 Å². The zero-order chi connectivity index (χ0) is 18.6. The van der Waals surface area contributed by atoms with Crippen LogP contribution in [0.15, 0.2) is 18.7 Å². The van der Waals surface area contributed by atoms with E-state index in [9.17, 15) is 4.79 Å². The molecule has 2 aromatic heterocycles. The zero-order valence-corrected chi connectivity index (χ0v) is 16.3. The van der Waals surface area contributed by atoms with Crippen LogP contribution in [0.2, 0.25) is 0 Å². The minimum absolute atomic E-state index is 0.359. The molecule has 7 nitrogen and oxygen atoms in total. The van der Waals surface area contributed by atoms with Gasteiger partial charge < -0.3 is 14.0 Å². The Hall–Kier alpha value is -2.18. The molecule has 1 saturated heterocycles. The molecule has 2 fully saturated rings. The van der Waals surface area contributed by atoms with Crippen LogP contribution < -0.4 is 0 Å². The van der Waals surface area contributed by atoms with Crippen molar-refractivity contribution in [2.75, 3.05) is 13.1 Å². The Labute approximate surface area is 160 Å². The Morgan fingerprint density at radius 1 is 1.15 bits per heavy atom. The molecule has 27 heavy (non-hydrogen) atoms. The Balaban J connectivity index is 1.36. The molecule has 2 aliphatic rings. The second-order valence-electron chi connectivity index (χ2n) is 7.96. The molecule has 0 N–H and O–H groups in total. The van der Waals surface area contributed by atoms with Gasteiger partial charge >= 0.3 is 0 Å². The molecule has 1 aliphatic heterocycles. The summed E-state index contributed by atoms with van der Waals surface area (Å²) in [6.45, 7) is 5.41. The summed E-state index contributed by atoms with van der Waals surface area (Å²) in [6.07, 6.45) is 13.3. The van der Waals surface area contributed by atoms with Crippen LogP contribution in [-0.2, 0) is 17.9 Å². The molecule has 0 spiro atoms. The van der Waals surface area contributed by atoms with Gasteiger partial charge in [0.15, 0.2) is 5.82 Å². The number of carbonyl (C=O) groups is 1. The number of imidazole rings is 1. The topological polar surface area (TPSA) is 68.8 Å². The van der Waals surface area contributed by atoms with Gasteiger partial charge in [-0.05, 0) is 38.5 Å². The monoisotopic (exact) mass is 370 g/mol. The smallest absolute Gasteiger partial charge is 0.222 e. The van der Waals surface area contributed by atoms with E-state index in [4.69, 9.17) is 0 Å². The molecule has 0 aromatic carbocycles. The molecule has 2 aromatic rings. The fourth-order valence-electron chi connectivity index (χ4n) is 4.63. The molecular weight excluding hydrogens is 340 g/mol. The van der Waals surface area contributed by atoms with Crippen molar-refractivity contribution in [2.24, 2.45) is 5.92 Å². The van der Waals surface area contributed by atoms with Crippen LogP contribution in [0.4, 0.5) is 0 Å². The van der Waals surface area contributed by atoms with Crippen molar-refractivity contribution in [3.05, 3.63) is 30.4 Å². The van der Waals surface area contributed by atoms with Gasteiger partial charge in [-0.2, -0.15) is 0 Å². The Bertz CT molecular complexity index is 739. The van der Waals surface area contributed by atoms with Crippen LogP contribution in [0.25, 0.3) is 0 Å². The van der Waals surface area contributed by atoms with Crippen molar-refractivity contribution in [3.8, 4) is 0 Å². The lowest BCUT2D eigenvalue weighted by Crippen LogP contribution is -2.39. The molecule has 0 bridgehead atoms.